The standard InChI is InChI=1S/C36H40N8O5/c37-18-22(31-20-41-29-6-4-26(17-30(29)42-31)49-25-9-12-38-13-10-25)19-40-24-14-21(15-24)2-1-11-39-23-3-5-27-28(16-23)36(48)44(35(27)47)32-7-8-33(45)43-34(32)46/h3-6,16-21,24-25,32,38-39H,1-2,7-15,37H2,(H,43,45,46). The Labute approximate surface area is 283 Å². The molecular weight excluding hydrogens is 624 g/mol. The highest BCUT2D eigenvalue weighted by Crippen LogP contribution is 2.34. The Balaban J connectivity index is 0.864. The molecule has 1 saturated carbocycles. The number of imide groups is 2. The normalized spacial score (nSPS) is 23.1. The van der Waals surface area contributed by atoms with Gasteiger partial charge in [-0.25, -0.2) is 4.98 Å². The van der Waals surface area contributed by atoms with E-state index in [4.69, 9.17) is 20.4 Å². The van der Waals surface area contributed by atoms with Crippen molar-refractivity contribution in [3.05, 3.63) is 65.6 Å². The summed E-state index contributed by atoms with van der Waals surface area (Å²) in [7, 11) is 0. The summed E-state index contributed by atoms with van der Waals surface area (Å²) in [6, 6.07) is 10.1. The fraction of sp³-hybridized carbons (Fsp3) is 0.417. The topological polar surface area (TPSA) is 181 Å². The molecule has 1 aliphatic carbocycles. The van der Waals surface area contributed by atoms with E-state index in [1.54, 1.807) is 30.6 Å². The molecule has 2 aromatic carbocycles. The quantitative estimate of drug-likeness (QED) is 0.135. The second-order valence-corrected chi connectivity index (χ2v) is 13.1. The lowest BCUT2D eigenvalue weighted by molar-refractivity contribution is -0.136. The minimum Gasteiger partial charge on any atom is -0.490 e. The minimum absolute atomic E-state index is 0.0904. The fourth-order valence-corrected chi connectivity index (χ4v) is 6.95. The maximum absolute atomic E-state index is 13.1. The molecule has 49 heavy (non-hydrogen) atoms. The van der Waals surface area contributed by atoms with Crippen LogP contribution in [-0.2, 0) is 9.59 Å². The Hall–Kier alpha value is -5.17. The molecule has 0 spiro atoms. The number of rotatable bonds is 11. The third kappa shape index (κ3) is 7.02. The van der Waals surface area contributed by atoms with E-state index in [-0.39, 0.29) is 36.1 Å². The molecule has 3 fully saturated rings. The van der Waals surface area contributed by atoms with Crippen molar-refractivity contribution in [3.63, 3.8) is 0 Å². The Morgan fingerprint density at radius 2 is 1.84 bits per heavy atom. The van der Waals surface area contributed by atoms with Gasteiger partial charge in [0, 0.05) is 42.7 Å². The Morgan fingerprint density at radius 1 is 1.02 bits per heavy atom. The number of ether oxygens (including phenoxy) is 1. The molecule has 0 radical (unpaired) electrons. The number of aliphatic imine (C=N–C) groups is 1. The van der Waals surface area contributed by atoms with Gasteiger partial charge in [-0.2, -0.15) is 0 Å². The number of anilines is 1. The van der Waals surface area contributed by atoms with E-state index in [0.29, 0.717) is 18.2 Å². The molecular formula is C36H40N8O5. The fourth-order valence-electron chi connectivity index (χ4n) is 6.95. The third-order valence-corrected chi connectivity index (χ3v) is 9.77. The molecule has 4 amide bonds. The molecule has 1 aromatic heterocycles. The van der Waals surface area contributed by atoms with Gasteiger partial charge in [0.05, 0.1) is 40.1 Å². The largest absolute Gasteiger partial charge is 0.490 e. The third-order valence-electron chi connectivity index (χ3n) is 9.77. The number of benzene rings is 2. The van der Waals surface area contributed by atoms with Gasteiger partial charge in [0.2, 0.25) is 11.8 Å². The van der Waals surface area contributed by atoms with Crippen LogP contribution in [-0.4, -0.2) is 82.5 Å². The van der Waals surface area contributed by atoms with Gasteiger partial charge in [-0.15, -0.1) is 0 Å². The van der Waals surface area contributed by atoms with Crippen molar-refractivity contribution in [2.75, 3.05) is 25.0 Å². The van der Waals surface area contributed by atoms with Gasteiger partial charge in [0.25, 0.3) is 11.8 Å². The van der Waals surface area contributed by atoms with E-state index in [1.165, 1.54) is 6.20 Å². The number of nitrogens with zero attached hydrogens (tertiary/aromatic N) is 4. The van der Waals surface area contributed by atoms with Gasteiger partial charge in [-0.1, -0.05) is 0 Å². The lowest BCUT2D eigenvalue weighted by Gasteiger charge is -2.32. The number of aromatic nitrogens is 2. The molecule has 0 bridgehead atoms. The molecule has 4 heterocycles. The molecule has 254 valence electrons. The Bertz CT molecular complexity index is 1850. The van der Waals surface area contributed by atoms with Crippen molar-refractivity contribution in [2.45, 2.75) is 69.6 Å². The second kappa shape index (κ2) is 14.1. The van der Waals surface area contributed by atoms with E-state index in [9.17, 15) is 19.2 Å². The second-order valence-electron chi connectivity index (χ2n) is 13.1. The zero-order valence-electron chi connectivity index (χ0n) is 27.2. The molecule has 7 rings (SSSR count). The lowest BCUT2D eigenvalue weighted by atomic mass is 9.78. The van der Waals surface area contributed by atoms with Crippen molar-refractivity contribution in [1.82, 2.24) is 25.5 Å². The maximum Gasteiger partial charge on any atom is 0.262 e. The molecule has 13 heteroatoms. The number of carbonyl (C=O) groups excluding carboxylic acids is 4. The highest BCUT2D eigenvalue weighted by atomic mass is 16.5. The Morgan fingerprint density at radius 3 is 2.63 bits per heavy atom. The number of hydrogen-bond donors (Lipinski definition) is 4. The molecule has 13 nitrogen and oxygen atoms in total. The molecule has 3 aliphatic heterocycles. The summed E-state index contributed by atoms with van der Waals surface area (Å²) in [5.74, 6) is -0.649. The van der Waals surface area contributed by atoms with Gasteiger partial charge < -0.3 is 21.1 Å². The predicted molar refractivity (Wildman–Crippen MR) is 184 cm³/mol. The van der Waals surface area contributed by atoms with Gasteiger partial charge in [-0.05, 0) is 94.3 Å². The van der Waals surface area contributed by atoms with Crippen molar-refractivity contribution in [1.29, 1.82) is 0 Å². The summed E-state index contributed by atoms with van der Waals surface area (Å²) in [5.41, 5.74) is 10.2. The molecule has 2 saturated heterocycles. The van der Waals surface area contributed by atoms with Crippen LogP contribution < -0.4 is 26.4 Å². The van der Waals surface area contributed by atoms with Gasteiger partial charge in [0.1, 0.15) is 17.9 Å². The van der Waals surface area contributed by atoms with Crippen molar-refractivity contribution < 1.29 is 23.9 Å². The lowest BCUT2D eigenvalue weighted by Crippen LogP contribution is -2.54. The molecule has 4 aliphatic rings. The van der Waals surface area contributed by atoms with Crippen molar-refractivity contribution >= 4 is 52.1 Å². The van der Waals surface area contributed by atoms with Gasteiger partial charge >= 0.3 is 0 Å². The van der Waals surface area contributed by atoms with Crippen LogP contribution in [0.3, 0.4) is 0 Å². The van der Waals surface area contributed by atoms with Crippen molar-refractivity contribution in [2.24, 2.45) is 16.6 Å². The first kappa shape index (κ1) is 32.4. The number of piperidine rings is 2. The van der Waals surface area contributed by atoms with Crippen LogP contribution >= 0.6 is 0 Å². The Kier molecular flexibility index (Phi) is 9.34. The molecule has 1 unspecified atom stereocenters. The molecule has 1 atom stereocenters. The van der Waals surface area contributed by atoms with Gasteiger partial charge in [-0.3, -0.25) is 39.4 Å². The van der Waals surface area contributed by atoms with E-state index < -0.39 is 29.7 Å². The smallest absolute Gasteiger partial charge is 0.262 e. The number of allylic oxidation sites excluding steroid dienone is 1. The number of nitrogens with one attached hydrogen (secondary N) is 3. The van der Waals surface area contributed by atoms with Crippen molar-refractivity contribution in [3.8, 4) is 5.75 Å². The highest BCUT2D eigenvalue weighted by Gasteiger charge is 2.44. The average Bonchev–Trinajstić information content (AvgIpc) is 3.33. The number of amides is 4. The maximum atomic E-state index is 13.1. The van der Waals surface area contributed by atoms with Crippen LogP contribution in [0.25, 0.3) is 16.6 Å². The first-order chi connectivity index (χ1) is 23.9. The monoisotopic (exact) mass is 664 g/mol. The summed E-state index contributed by atoms with van der Waals surface area (Å²) in [6.45, 7) is 2.65. The number of hydrogen-bond acceptors (Lipinski definition) is 11. The van der Waals surface area contributed by atoms with Gasteiger partial charge in [0.15, 0.2) is 0 Å². The van der Waals surface area contributed by atoms with E-state index in [0.717, 1.165) is 84.6 Å². The van der Waals surface area contributed by atoms with Crippen LogP contribution in [0.5, 0.6) is 5.75 Å². The first-order valence-corrected chi connectivity index (χ1v) is 17.1. The number of fused-ring (bicyclic) bond motifs is 2. The predicted octanol–water partition coefficient (Wildman–Crippen LogP) is 3.20. The summed E-state index contributed by atoms with van der Waals surface area (Å²) < 4.78 is 6.19. The highest BCUT2D eigenvalue weighted by molar-refractivity contribution is 6.23. The van der Waals surface area contributed by atoms with E-state index in [1.807, 2.05) is 18.2 Å². The van der Waals surface area contributed by atoms with E-state index in [2.05, 4.69) is 20.9 Å². The summed E-state index contributed by atoms with van der Waals surface area (Å²) in [4.78, 5) is 65.0. The molecule has 5 N–H and O–H groups in total. The summed E-state index contributed by atoms with van der Waals surface area (Å²) >= 11 is 0. The SMILES string of the molecule is NC=C(C=NC1CC(CCCNc2ccc3c(c2)C(=O)N(C2CCC(=O)NC2=O)C3=O)C1)c1cnc2ccc(OC3CCNCC3)cc2n1. The molecule has 3 aromatic rings. The van der Waals surface area contributed by atoms with Crippen LogP contribution in [0, 0.1) is 5.92 Å². The van der Waals surface area contributed by atoms with Crippen LogP contribution in [0.15, 0.2) is 53.8 Å². The van der Waals surface area contributed by atoms with Crippen LogP contribution in [0.2, 0.25) is 0 Å². The average molecular weight is 665 g/mol. The first-order valence-electron chi connectivity index (χ1n) is 17.1. The number of nitrogens with two attached hydrogens (primary N) is 1. The summed E-state index contributed by atoms with van der Waals surface area (Å²) in [5, 5.41) is 8.93. The van der Waals surface area contributed by atoms with Crippen LogP contribution in [0.1, 0.15) is 77.8 Å². The van der Waals surface area contributed by atoms with Crippen LogP contribution in [0.4, 0.5) is 5.69 Å². The number of carbonyl (C=O) groups is 4. The minimum atomic E-state index is -0.972. The summed E-state index contributed by atoms with van der Waals surface area (Å²) in [6.07, 6.45) is 11.4. The zero-order valence-corrected chi connectivity index (χ0v) is 27.2. The zero-order chi connectivity index (χ0) is 33.9. The van der Waals surface area contributed by atoms with E-state index >= 15 is 0 Å².